The van der Waals surface area contributed by atoms with Crippen LogP contribution in [0.1, 0.15) is 37.3 Å². The van der Waals surface area contributed by atoms with Gasteiger partial charge in [-0.25, -0.2) is 0 Å². The van der Waals surface area contributed by atoms with E-state index < -0.39 is 5.54 Å². The third-order valence-electron chi connectivity index (χ3n) is 4.78. The predicted molar refractivity (Wildman–Crippen MR) is 85.7 cm³/mol. The van der Waals surface area contributed by atoms with Crippen molar-refractivity contribution < 1.29 is 9.53 Å². The molecule has 1 unspecified atom stereocenters. The zero-order chi connectivity index (χ0) is 15.6. The molecule has 5 nitrogen and oxygen atoms in total. The zero-order valence-electron chi connectivity index (χ0n) is 13.2. The second kappa shape index (κ2) is 6.26. The Morgan fingerprint density at radius 3 is 2.68 bits per heavy atom. The van der Waals surface area contributed by atoms with Crippen LogP contribution >= 0.6 is 0 Å². The van der Waals surface area contributed by atoms with Gasteiger partial charge in [0.1, 0.15) is 5.75 Å². The molecule has 5 heteroatoms. The lowest BCUT2D eigenvalue weighted by atomic mass is 10.0. The summed E-state index contributed by atoms with van der Waals surface area (Å²) in [5.41, 5.74) is 6.49. The van der Waals surface area contributed by atoms with Gasteiger partial charge in [0.05, 0.1) is 18.7 Å². The topological polar surface area (TPSA) is 67.6 Å². The van der Waals surface area contributed by atoms with Gasteiger partial charge in [0.15, 0.2) is 0 Å². The summed E-state index contributed by atoms with van der Waals surface area (Å²) in [4.78, 5) is 14.6. The van der Waals surface area contributed by atoms with Crippen molar-refractivity contribution in [2.24, 2.45) is 5.73 Å². The molecule has 2 fully saturated rings. The van der Waals surface area contributed by atoms with Crippen LogP contribution in [-0.2, 0) is 4.79 Å². The molecule has 1 heterocycles. The van der Waals surface area contributed by atoms with E-state index in [1.54, 1.807) is 7.11 Å². The van der Waals surface area contributed by atoms with Gasteiger partial charge < -0.3 is 15.8 Å². The molecule has 0 radical (unpaired) electrons. The van der Waals surface area contributed by atoms with E-state index in [0.717, 1.165) is 37.2 Å². The molecule has 1 atom stereocenters. The normalized spacial score (nSPS) is 21.4. The minimum Gasteiger partial charge on any atom is -0.496 e. The number of carbonyl (C=O) groups excluding carboxylic acids is 1. The molecule has 120 valence electrons. The Hall–Kier alpha value is -1.59. The molecule has 1 aromatic carbocycles. The van der Waals surface area contributed by atoms with Crippen molar-refractivity contribution in [3.05, 3.63) is 29.8 Å². The Bertz CT molecular complexity index is 536. The zero-order valence-corrected chi connectivity index (χ0v) is 13.2. The number of nitrogens with one attached hydrogen (secondary N) is 1. The van der Waals surface area contributed by atoms with Crippen molar-refractivity contribution in [2.75, 3.05) is 26.7 Å². The first-order valence-corrected chi connectivity index (χ1v) is 8.08. The Labute approximate surface area is 131 Å². The number of likely N-dealkylation sites (tertiary alicyclic amines) is 1. The lowest BCUT2D eigenvalue weighted by Gasteiger charge is -2.29. The summed E-state index contributed by atoms with van der Waals surface area (Å²) in [5, 5.41) is 3.05. The Morgan fingerprint density at radius 2 is 2.05 bits per heavy atom. The fourth-order valence-corrected chi connectivity index (χ4v) is 3.16. The van der Waals surface area contributed by atoms with Crippen molar-refractivity contribution in [1.82, 2.24) is 10.2 Å². The van der Waals surface area contributed by atoms with Crippen molar-refractivity contribution in [2.45, 2.75) is 37.3 Å². The molecular weight excluding hydrogens is 278 g/mol. The largest absolute Gasteiger partial charge is 0.496 e. The summed E-state index contributed by atoms with van der Waals surface area (Å²) < 4.78 is 5.51. The molecule has 1 aliphatic carbocycles. The van der Waals surface area contributed by atoms with Crippen molar-refractivity contribution in [1.29, 1.82) is 0 Å². The molecule has 1 saturated carbocycles. The Morgan fingerprint density at radius 1 is 1.36 bits per heavy atom. The first-order valence-electron chi connectivity index (χ1n) is 8.08. The summed E-state index contributed by atoms with van der Waals surface area (Å²) in [6.07, 6.45) is 4.00. The van der Waals surface area contributed by atoms with Gasteiger partial charge in [-0.2, -0.15) is 0 Å². The van der Waals surface area contributed by atoms with E-state index in [9.17, 15) is 4.79 Å². The van der Waals surface area contributed by atoms with Crippen LogP contribution in [0.25, 0.3) is 0 Å². The van der Waals surface area contributed by atoms with E-state index in [2.05, 4.69) is 16.3 Å². The van der Waals surface area contributed by atoms with Crippen molar-refractivity contribution in [3.8, 4) is 5.75 Å². The van der Waals surface area contributed by atoms with Gasteiger partial charge in [-0.15, -0.1) is 0 Å². The molecule has 3 N–H and O–H groups in total. The molecule has 1 aliphatic heterocycles. The highest BCUT2D eigenvalue weighted by Crippen LogP contribution is 2.34. The molecule has 1 aromatic rings. The second-order valence-electron chi connectivity index (χ2n) is 6.37. The van der Waals surface area contributed by atoms with Gasteiger partial charge in [0, 0.05) is 12.1 Å². The van der Waals surface area contributed by atoms with E-state index in [4.69, 9.17) is 10.5 Å². The van der Waals surface area contributed by atoms with E-state index in [1.807, 2.05) is 18.2 Å². The number of carbonyl (C=O) groups is 1. The maximum Gasteiger partial charge on any atom is 0.240 e. The van der Waals surface area contributed by atoms with Crippen LogP contribution in [0.2, 0.25) is 0 Å². The minimum absolute atomic E-state index is 0.0217. The number of para-hydroxylation sites is 1. The SMILES string of the molecule is COc1ccccc1C(CNC(=O)C1(N)CC1)N1CCCC1. The quantitative estimate of drug-likeness (QED) is 0.834. The standard InChI is InChI=1S/C17H25N3O2/c1-22-15-7-3-2-6-13(15)14(20-10-4-5-11-20)12-19-16(21)17(18)8-9-17/h2-3,6-7,14H,4-5,8-12,18H2,1H3,(H,19,21). The molecular formula is C17H25N3O2. The highest BCUT2D eigenvalue weighted by molar-refractivity contribution is 5.89. The lowest BCUT2D eigenvalue weighted by Crippen LogP contribution is -2.46. The predicted octanol–water partition coefficient (Wildman–Crippen LogP) is 1.44. The van der Waals surface area contributed by atoms with Gasteiger partial charge >= 0.3 is 0 Å². The molecule has 0 aromatic heterocycles. The fraction of sp³-hybridized carbons (Fsp3) is 0.588. The number of hydrogen-bond acceptors (Lipinski definition) is 4. The molecule has 2 aliphatic rings. The summed E-state index contributed by atoms with van der Waals surface area (Å²) in [6.45, 7) is 2.71. The number of nitrogens with two attached hydrogens (primary N) is 1. The Balaban J connectivity index is 1.76. The van der Waals surface area contributed by atoms with Crippen LogP contribution in [0, 0.1) is 0 Å². The summed E-state index contributed by atoms with van der Waals surface area (Å²) in [7, 11) is 1.69. The number of rotatable bonds is 6. The number of benzene rings is 1. The van der Waals surface area contributed by atoms with Crippen LogP contribution in [-0.4, -0.2) is 43.1 Å². The van der Waals surface area contributed by atoms with Gasteiger partial charge in [0.2, 0.25) is 5.91 Å². The van der Waals surface area contributed by atoms with Crippen LogP contribution < -0.4 is 15.8 Å². The van der Waals surface area contributed by atoms with Crippen molar-refractivity contribution in [3.63, 3.8) is 0 Å². The van der Waals surface area contributed by atoms with Crippen LogP contribution in [0.3, 0.4) is 0 Å². The van der Waals surface area contributed by atoms with Gasteiger partial charge in [0.25, 0.3) is 0 Å². The third-order valence-corrected chi connectivity index (χ3v) is 4.78. The third kappa shape index (κ3) is 3.10. The molecule has 0 bridgehead atoms. The molecule has 3 rings (SSSR count). The fourth-order valence-electron chi connectivity index (χ4n) is 3.16. The highest BCUT2D eigenvalue weighted by Gasteiger charge is 2.46. The number of amides is 1. The molecule has 0 spiro atoms. The maximum atomic E-state index is 12.1. The minimum atomic E-state index is -0.615. The van der Waals surface area contributed by atoms with E-state index in [1.165, 1.54) is 12.8 Å². The first kappa shape index (κ1) is 15.3. The molecule has 22 heavy (non-hydrogen) atoms. The molecule has 1 saturated heterocycles. The van der Waals surface area contributed by atoms with Gasteiger partial charge in [-0.3, -0.25) is 9.69 Å². The summed E-state index contributed by atoms with van der Waals surface area (Å²) >= 11 is 0. The number of methoxy groups -OCH3 is 1. The first-order chi connectivity index (χ1) is 10.6. The van der Waals surface area contributed by atoms with Crippen LogP contribution in [0.15, 0.2) is 24.3 Å². The average Bonchev–Trinajstić information content (AvgIpc) is 3.08. The summed E-state index contributed by atoms with van der Waals surface area (Å²) in [6, 6.07) is 8.20. The van der Waals surface area contributed by atoms with Crippen LogP contribution in [0.4, 0.5) is 0 Å². The lowest BCUT2D eigenvalue weighted by molar-refractivity contribution is -0.123. The monoisotopic (exact) mass is 303 g/mol. The Kier molecular flexibility index (Phi) is 4.36. The van der Waals surface area contributed by atoms with E-state index in [-0.39, 0.29) is 11.9 Å². The highest BCUT2D eigenvalue weighted by atomic mass is 16.5. The summed E-state index contributed by atoms with van der Waals surface area (Å²) in [5.74, 6) is 0.856. The number of ether oxygens (including phenoxy) is 1. The van der Waals surface area contributed by atoms with Gasteiger partial charge in [-0.05, 0) is 44.8 Å². The number of nitrogens with zero attached hydrogens (tertiary/aromatic N) is 1. The second-order valence-corrected chi connectivity index (χ2v) is 6.37. The molecule has 1 amide bonds. The van der Waals surface area contributed by atoms with Crippen LogP contribution in [0.5, 0.6) is 5.75 Å². The smallest absolute Gasteiger partial charge is 0.240 e. The maximum absolute atomic E-state index is 12.1. The van der Waals surface area contributed by atoms with E-state index in [0.29, 0.717) is 6.54 Å². The average molecular weight is 303 g/mol. The van der Waals surface area contributed by atoms with E-state index >= 15 is 0 Å². The van der Waals surface area contributed by atoms with Crippen molar-refractivity contribution >= 4 is 5.91 Å². The van der Waals surface area contributed by atoms with Gasteiger partial charge in [-0.1, -0.05) is 18.2 Å². The number of hydrogen-bond donors (Lipinski definition) is 2.